The number of benzene rings is 1. The molecule has 0 atom stereocenters. The van der Waals surface area contributed by atoms with Crippen LogP contribution in [0.3, 0.4) is 0 Å². The summed E-state index contributed by atoms with van der Waals surface area (Å²) in [5.41, 5.74) is 4.36. The number of aromatic nitrogens is 3. The Morgan fingerprint density at radius 1 is 0.938 bits per heavy atom. The van der Waals surface area contributed by atoms with Gasteiger partial charge in [0.2, 0.25) is 0 Å². The molecule has 1 aromatic carbocycles. The van der Waals surface area contributed by atoms with Crippen molar-refractivity contribution in [3.05, 3.63) is 54.4 Å². The number of rotatable bonds is 4. The van der Waals surface area contributed by atoms with Crippen molar-refractivity contribution in [3.8, 4) is 28.1 Å². The van der Waals surface area contributed by atoms with E-state index in [1.165, 1.54) is 0 Å². The monoisotopic (exact) mass is 431 g/mol. The van der Waals surface area contributed by atoms with E-state index in [1.807, 2.05) is 43.3 Å². The zero-order valence-corrected chi connectivity index (χ0v) is 19.8. The van der Waals surface area contributed by atoms with E-state index in [1.54, 1.807) is 12.3 Å². The zero-order chi connectivity index (χ0) is 23.1. The van der Waals surface area contributed by atoms with E-state index >= 15 is 0 Å². The average molecular weight is 432 g/mol. The van der Waals surface area contributed by atoms with Crippen LogP contribution in [-0.2, 0) is 0 Å². The predicted molar refractivity (Wildman–Crippen MR) is 130 cm³/mol. The molecule has 3 aromatic rings. The van der Waals surface area contributed by atoms with Crippen LogP contribution in [0.1, 0.15) is 46.2 Å². The summed E-state index contributed by atoms with van der Waals surface area (Å²) >= 11 is 0. The first kappa shape index (κ1) is 22.2. The first-order chi connectivity index (χ1) is 15.0. The number of phenolic OH excluding ortho intramolecular Hbond substituents is 1. The minimum Gasteiger partial charge on any atom is -0.507 e. The summed E-state index contributed by atoms with van der Waals surface area (Å²) in [6.45, 7) is 11.0. The molecule has 1 aliphatic heterocycles. The lowest BCUT2D eigenvalue weighted by Crippen LogP contribution is -2.62. The number of hydrogen-bond donors (Lipinski definition) is 2. The van der Waals surface area contributed by atoms with Gasteiger partial charge in [-0.25, -0.2) is 0 Å². The molecule has 4 rings (SSSR count). The molecule has 0 unspecified atom stereocenters. The molecular weight excluding hydrogens is 398 g/mol. The Balaban J connectivity index is 1.55. The van der Waals surface area contributed by atoms with Gasteiger partial charge in [0.25, 0.3) is 0 Å². The Morgan fingerprint density at radius 3 is 2.22 bits per heavy atom. The van der Waals surface area contributed by atoms with Gasteiger partial charge in [0.15, 0.2) is 5.82 Å². The molecular formula is C26H33N5O. The van der Waals surface area contributed by atoms with Gasteiger partial charge in [-0.1, -0.05) is 6.07 Å². The van der Waals surface area contributed by atoms with E-state index in [-0.39, 0.29) is 16.8 Å². The second-order valence-corrected chi connectivity index (χ2v) is 10.3. The number of aryl methyl sites for hydroxylation is 1. The van der Waals surface area contributed by atoms with Crippen molar-refractivity contribution in [1.29, 1.82) is 0 Å². The summed E-state index contributed by atoms with van der Waals surface area (Å²) in [6.07, 6.45) is 3.85. The molecule has 2 N–H and O–H groups in total. The molecule has 6 nitrogen and oxygen atoms in total. The SMILES string of the molecule is Cc1cc(-c2ccc(-c3ccc(N(C)C4CC(C)(C)NC(C)(C)C4)nn3)c(O)c2)ccn1. The van der Waals surface area contributed by atoms with Gasteiger partial charge in [-0.05, 0) is 95.0 Å². The molecule has 32 heavy (non-hydrogen) atoms. The first-order valence-corrected chi connectivity index (χ1v) is 11.2. The van der Waals surface area contributed by atoms with Crippen molar-refractivity contribution >= 4 is 5.82 Å². The van der Waals surface area contributed by atoms with Gasteiger partial charge in [0.1, 0.15) is 5.75 Å². The summed E-state index contributed by atoms with van der Waals surface area (Å²) < 4.78 is 0. The Labute approximate surface area is 190 Å². The predicted octanol–water partition coefficient (Wildman–Crippen LogP) is 4.97. The fourth-order valence-corrected chi connectivity index (χ4v) is 5.04. The largest absolute Gasteiger partial charge is 0.507 e. The Bertz CT molecular complexity index is 1090. The Hall–Kier alpha value is -2.99. The minimum atomic E-state index is 0.0644. The average Bonchev–Trinajstić information content (AvgIpc) is 2.71. The third-order valence-corrected chi connectivity index (χ3v) is 6.23. The normalized spacial score (nSPS) is 17.8. The second kappa shape index (κ2) is 8.17. The van der Waals surface area contributed by atoms with Crippen molar-refractivity contribution in [3.63, 3.8) is 0 Å². The first-order valence-electron chi connectivity index (χ1n) is 11.2. The topological polar surface area (TPSA) is 74.2 Å². The van der Waals surface area contributed by atoms with E-state index in [2.05, 4.69) is 60.1 Å². The van der Waals surface area contributed by atoms with Gasteiger partial charge in [0.05, 0.1) is 5.69 Å². The number of nitrogens with one attached hydrogen (secondary N) is 1. The maximum atomic E-state index is 10.7. The molecule has 0 aliphatic carbocycles. The maximum Gasteiger partial charge on any atom is 0.151 e. The second-order valence-electron chi connectivity index (χ2n) is 10.3. The quantitative estimate of drug-likeness (QED) is 0.608. The van der Waals surface area contributed by atoms with Crippen LogP contribution < -0.4 is 10.2 Å². The zero-order valence-electron chi connectivity index (χ0n) is 19.8. The highest BCUT2D eigenvalue weighted by molar-refractivity contribution is 5.74. The summed E-state index contributed by atoms with van der Waals surface area (Å²) in [5.74, 6) is 1.03. The van der Waals surface area contributed by atoms with Gasteiger partial charge < -0.3 is 15.3 Å². The van der Waals surface area contributed by atoms with Crippen molar-refractivity contribution in [2.24, 2.45) is 0 Å². The summed E-state index contributed by atoms with van der Waals surface area (Å²) in [6, 6.07) is 13.9. The highest BCUT2D eigenvalue weighted by Crippen LogP contribution is 2.35. The fourth-order valence-electron chi connectivity index (χ4n) is 5.04. The lowest BCUT2D eigenvalue weighted by atomic mass is 9.79. The molecule has 0 spiro atoms. The van der Waals surface area contributed by atoms with E-state index in [9.17, 15) is 5.11 Å². The highest BCUT2D eigenvalue weighted by atomic mass is 16.3. The highest BCUT2D eigenvalue weighted by Gasteiger charge is 2.39. The third kappa shape index (κ3) is 4.75. The van der Waals surface area contributed by atoms with Crippen LogP contribution in [0, 0.1) is 6.92 Å². The van der Waals surface area contributed by atoms with Gasteiger partial charge in [-0.3, -0.25) is 4.98 Å². The molecule has 0 bridgehead atoms. The van der Waals surface area contributed by atoms with Gasteiger partial charge in [-0.15, -0.1) is 10.2 Å². The van der Waals surface area contributed by atoms with E-state index < -0.39 is 0 Å². The van der Waals surface area contributed by atoms with Gasteiger partial charge in [0, 0.05) is 41.6 Å². The summed E-state index contributed by atoms with van der Waals surface area (Å²) in [7, 11) is 2.09. The molecule has 1 saturated heterocycles. The number of aromatic hydroxyl groups is 1. The molecule has 2 aromatic heterocycles. The molecule has 0 amide bonds. The summed E-state index contributed by atoms with van der Waals surface area (Å²) in [4.78, 5) is 6.47. The van der Waals surface area contributed by atoms with Crippen molar-refractivity contribution < 1.29 is 5.11 Å². The van der Waals surface area contributed by atoms with Crippen LogP contribution >= 0.6 is 0 Å². The van der Waals surface area contributed by atoms with Crippen molar-refractivity contribution in [1.82, 2.24) is 20.5 Å². The van der Waals surface area contributed by atoms with Crippen molar-refractivity contribution in [2.75, 3.05) is 11.9 Å². The van der Waals surface area contributed by atoms with Crippen LogP contribution in [0.4, 0.5) is 5.82 Å². The van der Waals surface area contributed by atoms with Crippen molar-refractivity contribution in [2.45, 2.75) is 64.6 Å². The van der Waals surface area contributed by atoms with Crippen LogP contribution in [0.15, 0.2) is 48.7 Å². The fraction of sp³-hybridized carbons (Fsp3) is 0.423. The van der Waals surface area contributed by atoms with E-state index in [4.69, 9.17) is 0 Å². The number of pyridine rings is 1. The molecule has 6 heteroatoms. The van der Waals surface area contributed by atoms with Crippen LogP contribution in [0.2, 0.25) is 0 Å². The molecule has 1 aliphatic rings. The molecule has 3 heterocycles. The van der Waals surface area contributed by atoms with E-state index in [0.717, 1.165) is 35.5 Å². The Morgan fingerprint density at radius 2 is 1.62 bits per heavy atom. The van der Waals surface area contributed by atoms with Crippen LogP contribution in [0.5, 0.6) is 5.75 Å². The smallest absolute Gasteiger partial charge is 0.151 e. The third-order valence-electron chi connectivity index (χ3n) is 6.23. The minimum absolute atomic E-state index is 0.0644. The maximum absolute atomic E-state index is 10.7. The van der Waals surface area contributed by atoms with Gasteiger partial charge in [-0.2, -0.15) is 0 Å². The molecule has 168 valence electrons. The Kier molecular flexibility index (Phi) is 5.67. The molecule has 1 fully saturated rings. The standard InChI is InChI=1S/C26H33N5O/c1-17-13-19(11-12-27-17)18-7-8-21(23(32)14-18)22-9-10-24(29-28-22)31(6)20-15-25(2,3)30-26(4,5)16-20/h7-14,20,30,32H,15-16H2,1-6H3. The van der Waals surface area contributed by atoms with Crippen LogP contribution in [0.25, 0.3) is 22.4 Å². The number of hydrogen-bond acceptors (Lipinski definition) is 6. The number of piperidine rings is 1. The van der Waals surface area contributed by atoms with E-state index in [0.29, 0.717) is 17.3 Å². The van der Waals surface area contributed by atoms with Gasteiger partial charge >= 0.3 is 0 Å². The molecule has 0 saturated carbocycles. The summed E-state index contributed by atoms with van der Waals surface area (Å²) in [5, 5.41) is 23.3. The number of phenols is 1. The number of nitrogens with zero attached hydrogens (tertiary/aromatic N) is 4. The lowest BCUT2D eigenvalue weighted by molar-refractivity contribution is 0.160. The number of anilines is 1. The lowest BCUT2D eigenvalue weighted by Gasteiger charge is -2.49. The molecule has 0 radical (unpaired) electrons. The van der Waals surface area contributed by atoms with Crippen LogP contribution in [-0.4, -0.2) is 44.5 Å².